The van der Waals surface area contributed by atoms with Gasteiger partial charge in [-0.15, -0.1) is 0 Å². The fraction of sp³-hybridized carbons (Fsp3) is 0.250. The summed E-state index contributed by atoms with van der Waals surface area (Å²) >= 11 is 6.06. The van der Waals surface area contributed by atoms with E-state index >= 15 is 0 Å². The lowest BCUT2D eigenvalue weighted by molar-refractivity contribution is 0.405. The first-order chi connectivity index (χ1) is 13.1. The summed E-state index contributed by atoms with van der Waals surface area (Å²) in [6, 6.07) is 13.2. The largest absolute Gasteiger partial charge is 0.435 e. The van der Waals surface area contributed by atoms with Crippen LogP contribution in [0.1, 0.15) is 6.42 Å². The molecule has 0 bridgehead atoms. The molecule has 2 aromatic heterocycles. The number of halogens is 1. The van der Waals surface area contributed by atoms with E-state index in [-0.39, 0.29) is 0 Å². The van der Waals surface area contributed by atoms with E-state index in [1.165, 1.54) is 0 Å². The van der Waals surface area contributed by atoms with Gasteiger partial charge < -0.3 is 14.6 Å². The third-order valence-electron chi connectivity index (χ3n) is 4.20. The smallest absolute Gasteiger partial charge is 0.250 e. The van der Waals surface area contributed by atoms with Crippen molar-refractivity contribution in [3.8, 4) is 11.6 Å². The molecule has 0 aliphatic heterocycles. The Balaban J connectivity index is 1.74. The van der Waals surface area contributed by atoms with Gasteiger partial charge in [0.15, 0.2) is 17.1 Å². The predicted octanol–water partition coefficient (Wildman–Crippen LogP) is 4.46. The highest BCUT2D eigenvalue weighted by atomic mass is 35.5. The number of fused-ring (bicyclic) bond motifs is 2. The number of benzene rings is 2. The van der Waals surface area contributed by atoms with Crippen LogP contribution in [0.25, 0.3) is 33.7 Å². The zero-order valence-corrected chi connectivity index (χ0v) is 16.0. The Morgan fingerprint density at radius 2 is 1.78 bits per heavy atom. The average Bonchev–Trinajstić information content (AvgIpc) is 3.07. The molecule has 4 rings (SSSR count). The second-order valence-corrected chi connectivity index (χ2v) is 7.06. The lowest BCUT2D eigenvalue weighted by Gasteiger charge is -2.12. The Bertz CT molecular complexity index is 1090. The zero-order chi connectivity index (χ0) is 18.8. The summed E-state index contributed by atoms with van der Waals surface area (Å²) < 4.78 is 5.92. The second kappa shape index (κ2) is 7.50. The molecule has 2 aromatic carbocycles. The summed E-state index contributed by atoms with van der Waals surface area (Å²) in [5.41, 5.74) is 3.60. The molecule has 0 amide bonds. The molecule has 0 unspecified atom stereocenters. The van der Waals surface area contributed by atoms with Crippen molar-refractivity contribution in [3.63, 3.8) is 0 Å². The lowest BCUT2D eigenvalue weighted by atomic mass is 10.2. The van der Waals surface area contributed by atoms with Crippen LogP contribution in [-0.2, 0) is 0 Å². The SMILES string of the molecule is CN(C)CCCNc1nc2ccccc2nc1-c1nc2ccc(Cl)cc2o1. The van der Waals surface area contributed by atoms with Gasteiger partial charge in [-0.2, -0.15) is 0 Å². The molecule has 27 heavy (non-hydrogen) atoms. The first-order valence-electron chi connectivity index (χ1n) is 8.82. The van der Waals surface area contributed by atoms with Gasteiger partial charge in [0, 0.05) is 17.6 Å². The number of rotatable bonds is 6. The van der Waals surface area contributed by atoms with Crippen molar-refractivity contribution in [1.29, 1.82) is 0 Å². The van der Waals surface area contributed by atoms with Crippen LogP contribution in [0, 0.1) is 0 Å². The summed E-state index contributed by atoms with van der Waals surface area (Å²) in [5.74, 6) is 1.10. The first-order valence-corrected chi connectivity index (χ1v) is 9.20. The minimum absolute atomic E-state index is 0.431. The maximum Gasteiger partial charge on any atom is 0.250 e. The second-order valence-electron chi connectivity index (χ2n) is 6.62. The molecule has 0 fully saturated rings. The van der Waals surface area contributed by atoms with Crippen molar-refractivity contribution in [2.75, 3.05) is 32.5 Å². The summed E-state index contributed by atoms with van der Waals surface area (Å²) in [4.78, 5) is 16.2. The number of nitrogens with zero attached hydrogens (tertiary/aromatic N) is 4. The Kier molecular flexibility index (Phi) is 4.92. The van der Waals surface area contributed by atoms with Gasteiger partial charge in [-0.1, -0.05) is 23.7 Å². The Morgan fingerprint density at radius 3 is 2.56 bits per heavy atom. The van der Waals surface area contributed by atoms with Crippen LogP contribution in [-0.4, -0.2) is 47.0 Å². The Morgan fingerprint density at radius 1 is 1.00 bits per heavy atom. The van der Waals surface area contributed by atoms with E-state index in [4.69, 9.17) is 26.0 Å². The van der Waals surface area contributed by atoms with E-state index in [2.05, 4.69) is 29.3 Å². The van der Waals surface area contributed by atoms with Gasteiger partial charge >= 0.3 is 0 Å². The topological polar surface area (TPSA) is 67.1 Å². The lowest BCUT2D eigenvalue weighted by Crippen LogP contribution is -2.17. The van der Waals surface area contributed by atoms with Crippen LogP contribution in [0.15, 0.2) is 46.9 Å². The molecule has 0 aliphatic rings. The summed E-state index contributed by atoms with van der Waals surface area (Å²) in [5, 5.41) is 4.00. The van der Waals surface area contributed by atoms with E-state index in [9.17, 15) is 0 Å². The fourth-order valence-corrected chi connectivity index (χ4v) is 3.04. The third-order valence-corrected chi connectivity index (χ3v) is 4.43. The van der Waals surface area contributed by atoms with Crippen molar-refractivity contribution < 1.29 is 4.42 Å². The molecule has 0 saturated carbocycles. The van der Waals surface area contributed by atoms with Crippen LogP contribution >= 0.6 is 11.6 Å². The minimum Gasteiger partial charge on any atom is -0.435 e. The number of aromatic nitrogens is 3. The van der Waals surface area contributed by atoms with Gasteiger partial charge in [-0.3, -0.25) is 0 Å². The van der Waals surface area contributed by atoms with Gasteiger partial charge in [0.05, 0.1) is 11.0 Å². The van der Waals surface area contributed by atoms with Crippen molar-refractivity contribution in [2.45, 2.75) is 6.42 Å². The van der Waals surface area contributed by atoms with Crippen LogP contribution in [0.2, 0.25) is 5.02 Å². The van der Waals surface area contributed by atoms with Gasteiger partial charge in [0.25, 0.3) is 0 Å². The molecule has 0 aliphatic carbocycles. The summed E-state index contributed by atoms with van der Waals surface area (Å²) in [6.45, 7) is 1.77. The molecular weight excluding hydrogens is 362 g/mol. The van der Waals surface area contributed by atoms with Crippen molar-refractivity contribution in [3.05, 3.63) is 47.5 Å². The Labute approximate surface area is 162 Å². The molecule has 4 aromatic rings. The highest BCUT2D eigenvalue weighted by molar-refractivity contribution is 6.31. The maximum absolute atomic E-state index is 6.06. The molecule has 0 radical (unpaired) electrons. The first kappa shape index (κ1) is 17.7. The average molecular weight is 382 g/mol. The van der Waals surface area contributed by atoms with Crippen LogP contribution in [0.3, 0.4) is 0 Å². The van der Waals surface area contributed by atoms with E-state index in [1.807, 2.05) is 30.3 Å². The number of oxazole rings is 1. The monoisotopic (exact) mass is 381 g/mol. The van der Waals surface area contributed by atoms with Gasteiger partial charge in [-0.25, -0.2) is 15.0 Å². The van der Waals surface area contributed by atoms with Gasteiger partial charge in [0.2, 0.25) is 5.89 Å². The van der Waals surface area contributed by atoms with E-state index in [0.29, 0.717) is 28.0 Å². The summed E-state index contributed by atoms with van der Waals surface area (Å²) in [6.07, 6.45) is 0.990. The van der Waals surface area contributed by atoms with Crippen LogP contribution in [0.4, 0.5) is 5.82 Å². The number of hydrogen-bond donors (Lipinski definition) is 1. The predicted molar refractivity (Wildman–Crippen MR) is 109 cm³/mol. The number of hydrogen-bond acceptors (Lipinski definition) is 6. The van der Waals surface area contributed by atoms with Crippen LogP contribution in [0.5, 0.6) is 0 Å². The minimum atomic E-state index is 0.431. The quantitative estimate of drug-likeness (QED) is 0.497. The van der Waals surface area contributed by atoms with E-state index in [1.54, 1.807) is 12.1 Å². The Hall–Kier alpha value is -2.70. The summed E-state index contributed by atoms with van der Waals surface area (Å²) in [7, 11) is 4.12. The van der Waals surface area contributed by atoms with E-state index < -0.39 is 0 Å². The van der Waals surface area contributed by atoms with E-state index in [0.717, 1.165) is 36.1 Å². The molecule has 6 nitrogen and oxygen atoms in total. The van der Waals surface area contributed by atoms with Gasteiger partial charge in [-0.05, 0) is 51.3 Å². The van der Waals surface area contributed by atoms with Crippen molar-refractivity contribution >= 4 is 39.6 Å². The number of anilines is 1. The van der Waals surface area contributed by atoms with Crippen LogP contribution < -0.4 is 5.32 Å². The normalized spacial score (nSPS) is 11.6. The third kappa shape index (κ3) is 3.86. The van der Waals surface area contributed by atoms with Crippen molar-refractivity contribution in [2.24, 2.45) is 0 Å². The highest BCUT2D eigenvalue weighted by Gasteiger charge is 2.17. The fourth-order valence-electron chi connectivity index (χ4n) is 2.87. The molecule has 2 heterocycles. The van der Waals surface area contributed by atoms with Gasteiger partial charge in [0.1, 0.15) is 5.52 Å². The number of para-hydroxylation sites is 2. The molecule has 7 heteroatoms. The molecule has 138 valence electrons. The highest BCUT2D eigenvalue weighted by Crippen LogP contribution is 2.30. The molecule has 0 spiro atoms. The molecular formula is C20H20ClN5O. The standard InChI is InChI=1S/C20H20ClN5O/c1-26(2)11-5-10-22-19-18(23-14-6-3-4-7-15(14)24-19)20-25-16-9-8-13(21)12-17(16)27-20/h3-4,6-9,12H,5,10-11H2,1-2H3,(H,22,24). The molecule has 0 saturated heterocycles. The molecule has 0 atom stereocenters. The van der Waals surface area contributed by atoms with Crippen molar-refractivity contribution in [1.82, 2.24) is 19.9 Å². The maximum atomic E-state index is 6.06. The zero-order valence-electron chi connectivity index (χ0n) is 15.2. The number of nitrogens with one attached hydrogen (secondary N) is 1. The molecule has 1 N–H and O–H groups in total.